The van der Waals surface area contributed by atoms with Crippen LogP contribution < -0.4 is 10.6 Å². The first-order chi connectivity index (χ1) is 10.2. The van der Waals surface area contributed by atoms with E-state index >= 15 is 0 Å². The van der Waals surface area contributed by atoms with E-state index in [-0.39, 0.29) is 30.5 Å². The highest BCUT2D eigenvalue weighted by Crippen LogP contribution is 2.18. The lowest BCUT2D eigenvalue weighted by molar-refractivity contribution is -0.132. The topological polar surface area (TPSA) is 39.7 Å². The summed E-state index contributed by atoms with van der Waals surface area (Å²) in [5.41, 5.74) is 0. The van der Waals surface area contributed by atoms with Gasteiger partial charge in [0.15, 0.2) is 5.96 Å². The summed E-state index contributed by atoms with van der Waals surface area (Å²) in [6.07, 6.45) is -4.11. The van der Waals surface area contributed by atoms with Crippen LogP contribution in [0.15, 0.2) is 4.99 Å². The van der Waals surface area contributed by atoms with Crippen LogP contribution in [0.5, 0.6) is 0 Å². The number of nitrogens with zero attached hydrogens (tertiary/aromatic N) is 2. The van der Waals surface area contributed by atoms with Gasteiger partial charge in [0, 0.05) is 38.3 Å². The molecule has 0 bridgehead atoms. The van der Waals surface area contributed by atoms with Gasteiger partial charge >= 0.3 is 6.18 Å². The van der Waals surface area contributed by atoms with E-state index in [4.69, 9.17) is 0 Å². The van der Waals surface area contributed by atoms with Gasteiger partial charge in [-0.3, -0.25) is 9.89 Å². The van der Waals surface area contributed by atoms with E-state index in [0.29, 0.717) is 31.1 Å². The minimum absolute atomic E-state index is 0. The maximum Gasteiger partial charge on any atom is 0.390 e. The van der Waals surface area contributed by atoms with Gasteiger partial charge in [0.25, 0.3) is 0 Å². The molecular formula is C15H32F3IN4. The second-order valence-corrected chi connectivity index (χ2v) is 5.83. The first-order valence-corrected chi connectivity index (χ1v) is 8.02. The molecule has 8 heteroatoms. The van der Waals surface area contributed by atoms with Crippen LogP contribution in [0.3, 0.4) is 0 Å². The molecule has 140 valence electrons. The number of aliphatic imine (C=N–C) groups is 1. The lowest BCUT2D eigenvalue weighted by atomic mass is 10.2. The third-order valence-electron chi connectivity index (χ3n) is 3.22. The summed E-state index contributed by atoms with van der Waals surface area (Å²) in [4.78, 5) is 6.70. The van der Waals surface area contributed by atoms with Crippen molar-refractivity contribution >= 4 is 29.9 Å². The van der Waals surface area contributed by atoms with E-state index in [2.05, 4.69) is 48.2 Å². The van der Waals surface area contributed by atoms with Crippen LogP contribution in [0.4, 0.5) is 13.2 Å². The molecule has 4 nitrogen and oxygen atoms in total. The molecule has 0 aliphatic carbocycles. The summed E-state index contributed by atoms with van der Waals surface area (Å²) in [5, 5.41) is 5.68. The van der Waals surface area contributed by atoms with Gasteiger partial charge in [0.05, 0.1) is 6.42 Å². The van der Waals surface area contributed by atoms with Crippen LogP contribution in [0.25, 0.3) is 0 Å². The Morgan fingerprint density at radius 2 is 1.65 bits per heavy atom. The number of alkyl halides is 3. The molecule has 0 saturated carbocycles. The molecular weight excluding hydrogens is 420 g/mol. The van der Waals surface area contributed by atoms with E-state index < -0.39 is 12.6 Å². The highest BCUT2D eigenvalue weighted by molar-refractivity contribution is 14.0. The second kappa shape index (κ2) is 13.1. The van der Waals surface area contributed by atoms with E-state index in [1.807, 2.05) is 6.92 Å². The molecule has 23 heavy (non-hydrogen) atoms. The Morgan fingerprint density at radius 3 is 2.09 bits per heavy atom. The van der Waals surface area contributed by atoms with Crippen LogP contribution in [0.1, 0.15) is 47.5 Å². The zero-order valence-corrected chi connectivity index (χ0v) is 17.2. The van der Waals surface area contributed by atoms with Crippen molar-refractivity contribution in [3.05, 3.63) is 0 Å². The molecule has 0 atom stereocenters. The quantitative estimate of drug-likeness (QED) is 0.243. The zero-order valence-electron chi connectivity index (χ0n) is 14.8. The molecule has 0 fully saturated rings. The van der Waals surface area contributed by atoms with E-state index in [0.717, 1.165) is 13.0 Å². The zero-order chi connectivity index (χ0) is 17.2. The standard InChI is InChI=1S/C15H31F3N4.HI/c1-6-19-14(21-10-8-15(16,17)18)20-9-7-11-22(12(2)3)13(4)5;/h12-13H,6-11H2,1-5H3,(H2,19,20,21);1H. The summed E-state index contributed by atoms with van der Waals surface area (Å²) in [5.74, 6) is 0.451. The maximum atomic E-state index is 12.1. The average molecular weight is 452 g/mol. The maximum absolute atomic E-state index is 12.1. The molecule has 0 aromatic carbocycles. The van der Waals surface area contributed by atoms with Crippen molar-refractivity contribution in [1.29, 1.82) is 0 Å². The van der Waals surface area contributed by atoms with Crippen molar-refractivity contribution in [3.8, 4) is 0 Å². The van der Waals surface area contributed by atoms with Gasteiger partial charge < -0.3 is 10.6 Å². The van der Waals surface area contributed by atoms with E-state index in [1.165, 1.54) is 0 Å². The Morgan fingerprint density at radius 1 is 1.09 bits per heavy atom. The van der Waals surface area contributed by atoms with E-state index in [9.17, 15) is 13.2 Å². The predicted molar refractivity (Wildman–Crippen MR) is 102 cm³/mol. The molecule has 0 spiro atoms. The number of nitrogens with one attached hydrogen (secondary N) is 2. The first-order valence-electron chi connectivity index (χ1n) is 8.02. The summed E-state index contributed by atoms with van der Waals surface area (Å²) < 4.78 is 36.4. The summed E-state index contributed by atoms with van der Waals surface area (Å²) in [6, 6.07) is 0.948. The van der Waals surface area contributed by atoms with Gasteiger partial charge in [-0.2, -0.15) is 13.2 Å². The minimum Gasteiger partial charge on any atom is -0.357 e. The largest absolute Gasteiger partial charge is 0.390 e. The summed E-state index contributed by atoms with van der Waals surface area (Å²) in [6.45, 7) is 12.5. The number of hydrogen-bond acceptors (Lipinski definition) is 2. The number of halogens is 4. The van der Waals surface area contributed by atoms with Gasteiger partial charge in [-0.1, -0.05) is 0 Å². The van der Waals surface area contributed by atoms with Gasteiger partial charge in [-0.15, -0.1) is 24.0 Å². The molecule has 0 aromatic rings. The van der Waals surface area contributed by atoms with Crippen LogP contribution >= 0.6 is 24.0 Å². The monoisotopic (exact) mass is 452 g/mol. The van der Waals surface area contributed by atoms with Crippen LogP contribution in [0, 0.1) is 0 Å². The highest BCUT2D eigenvalue weighted by Gasteiger charge is 2.26. The highest BCUT2D eigenvalue weighted by atomic mass is 127. The smallest absolute Gasteiger partial charge is 0.357 e. The molecule has 0 amide bonds. The van der Waals surface area contributed by atoms with Gasteiger partial charge in [0.2, 0.25) is 0 Å². The van der Waals surface area contributed by atoms with Crippen molar-refractivity contribution in [2.45, 2.75) is 65.7 Å². The van der Waals surface area contributed by atoms with Gasteiger partial charge in [-0.05, 0) is 41.0 Å². The van der Waals surface area contributed by atoms with Gasteiger partial charge in [-0.25, -0.2) is 0 Å². The van der Waals surface area contributed by atoms with Crippen molar-refractivity contribution < 1.29 is 13.2 Å². The Hall–Kier alpha value is -0.250. The normalized spacial score (nSPS) is 12.7. The fourth-order valence-electron chi connectivity index (χ4n) is 2.22. The fraction of sp³-hybridized carbons (Fsp3) is 0.933. The SMILES string of the molecule is CCNC(=NCCCN(C(C)C)C(C)C)NCCC(F)(F)F.I. The Labute approximate surface area is 155 Å². The Bertz CT molecular complexity index is 312. The molecule has 2 N–H and O–H groups in total. The number of rotatable bonds is 9. The van der Waals surface area contributed by atoms with Crippen LogP contribution in [0.2, 0.25) is 0 Å². The summed E-state index contributed by atoms with van der Waals surface area (Å²) in [7, 11) is 0. The average Bonchev–Trinajstić information content (AvgIpc) is 2.35. The van der Waals surface area contributed by atoms with Crippen LogP contribution in [-0.2, 0) is 0 Å². The molecule has 0 aliphatic rings. The molecule has 0 radical (unpaired) electrons. The van der Waals surface area contributed by atoms with Crippen molar-refractivity contribution in [2.24, 2.45) is 4.99 Å². The Balaban J connectivity index is 0. The fourth-order valence-corrected chi connectivity index (χ4v) is 2.22. The molecule has 0 saturated heterocycles. The third-order valence-corrected chi connectivity index (χ3v) is 3.22. The summed E-state index contributed by atoms with van der Waals surface area (Å²) >= 11 is 0. The number of guanidine groups is 1. The second-order valence-electron chi connectivity index (χ2n) is 5.83. The molecule has 0 unspecified atom stereocenters. The van der Waals surface area contributed by atoms with Crippen molar-refractivity contribution in [2.75, 3.05) is 26.2 Å². The predicted octanol–water partition coefficient (Wildman–Crippen LogP) is 3.62. The molecule has 0 heterocycles. The third kappa shape index (κ3) is 13.8. The van der Waals surface area contributed by atoms with Crippen molar-refractivity contribution in [1.82, 2.24) is 15.5 Å². The number of hydrogen-bond donors (Lipinski definition) is 2. The first kappa shape index (κ1) is 25.0. The molecule has 0 rings (SSSR count). The van der Waals surface area contributed by atoms with Crippen LogP contribution in [-0.4, -0.2) is 55.3 Å². The van der Waals surface area contributed by atoms with Gasteiger partial charge in [0.1, 0.15) is 0 Å². The van der Waals surface area contributed by atoms with Crippen molar-refractivity contribution in [3.63, 3.8) is 0 Å². The lowest BCUT2D eigenvalue weighted by Gasteiger charge is -2.30. The molecule has 0 aromatic heterocycles. The molecule has 0 aliphatic heterocycles. The minimum atomic E-state index is -4.14. The Kier molecular flexibility index (Phi) is 14.2. The lowest BCUT2D eigenvalue weighted by Crippen LogP contribution is -2.39. The van der Waals surface area contributed by atoms with E-state index in [1.54, 1.807) is 0 Å².